The van der Waals surface area contributed by atoms with Gasteiger partial charge in [0, 0.05) is 12.1 Å². The summed E-state index contributed by atoms with van der Waals surface area (Å²) >= 11 is 5.87. The van der Waals surface area contributed by atoms with Crippen molar-refractivity contribution < 1.29 is 4.74 Å². The van der Waals surface area contributed by atoms with Crippen LogP contribution < -0.4 is 5.32 Å². The number of halogens is 1. The maximum atomic E-state index is 5.87. The number of benzene rings is 1. The fourth-order valence-corrected chi connectivity index (χ4v) is 2.24. The summed E-state index contributed by atoms with van der Waals surface area (Å²) in [7, 11) is 1.78. The molecule has 2 rings (SSSR count). The van der Waals surface area contributed by atoms with Crippen molar-refractivity contribution in [2.24, 2.45) is 0 Å². The van der Waals surface area contributed by atoms with Gasteiger partial charge in [-0.15, -0.1) is 0 Å². The van der Waals surface area contributed by atoms with E-state index in [1.54, 1.807) is 7.11 Å². The highest BCUT2D eigenvalue weighted by atomic mass is 35.5. The number of nitrogens with one attached hydrogen (secondary N) is 1. The summed E-state index contributed by atoms with van der Waals surface area (Å²) in [6.45, 7) is 1.06. The maximum absolute atomic E-state index is 5.87. The molecule has 0 bridgehead atoms. The molecule has 0 aliphatic carbocycles. The van der Waals surface area contributed by atoms with Gasteiger partial charge in [-0.05, 0) is 37.1 Å². The zero-order valence-electron chi connectivity index (χ0n) is 8.87. The molecule has 0 saturated carbocycles. The van der Waals surface area contributed by atoms with Crippen molar-refractivity contribution in [1.29, 1.82) is 0 Å². The molecule has 15 heavy (non-hydrogen) atoms. The molecule has 1 aliphatic heterocycles. The van der Waals surface area contributed by atoms with Gasteiger partial charge in [0.25, 0.3) is 0 Å². The van der Waals surface area contributed by atoms with Crippen molar-refractivity contribution >= 4 is 11.6 Å². The number of hydrogen-bond acceptors (Lipinski definition) is 2. The molecule has 1 aromatic rings. The Hall–Kier alpha value is -0.570. The van der Waals surface area contributed by atoms with Crippen molar-refractivity contribution in [3.63, 3.8) is 0 Å². The molecule has 2 unspecified atom stereocenters. The summed E-state index contributed by atoms with van der Waals surface area (Å²) in [4.78, 5) is 0. The number of piperidine rings is 1. The molecule has 3 heteroatoms. The van der Waals surface area contributed by atoms with Crippen LogP contribution in [0, 0.1) is 0 Å². The smallest absolute Gasteiger partial charge is 0.0766 e. The molecule has 1 fully saturated rings. The largest absolute Gasteiger partial charge is 0.379 e. The van der Waals surface area contributed by atoms with Crippen molar-refractivity contribution in [2.45, 2.75) is 25.0 Å². The van der Waals surface area contributed by atoms with E-state index < -0.39 is 0 Å². The van der Waals surface area contributed by atoms with Crippen LogP contribution in [0.5, 0.6) is 0 Å². The quantitative estimate of drug-likeness (QED) is 0.836. The van der Waals surface area contributed by atoms with Crippen LogP contribution in [0.1, 0.15) is 24.4 Å². The summed E-state index contributed by atoms with van der Waals surface area (Å²) in [5.41, 5.74) is 1.26. The van der Waals surface area contributed by atoms with Crippen LogP contribution >= 0.6 is 11.6 Å². The highest BCUT2D eigenvalue weighted by Crippen LogP contribution is 2.26. The van der Waals surface area contributed by atoms with E-state index in [1.807, 2.05) is 12.1 Å². The Bertz CT molecular complexity index is 312. The van der Waals surface area contributed by atoms with Crippen LogP contribution in [-0.4, -0.2) is 19.8 Å². The van der Waals surface area contributed by atoms with E-state index in [9.17, 15) is 0 Å². The third kappa shape index (κ3) is 2.51. The van der Waals surface area contributed by atoms with E-state index in [1.165, 1.54) is 12.0 Å². The number of rotatable bonds is 2. The van der Waals surface area contributed by atoms with Crippen molar-refractivity contribution in [2.75, 3.05) is 13.7 Å². The summed E-state index contributed by atoms with van der Waals surface area (Å²) < 4.78 is 5.49. The van der Waals surface area contributed by atoms with Crippen LogP contribution in [0.25, 0.3) is 0 Å². The molecule has 1 N–H and O–H groups in total. The maximum Gasteiger partial charge on any atom is 0.0766 e. The molecule has 0 spiro atoms. The van der Waals surface area contributed by atoms with Gasteiger partial charge in [0.2, 0.25) is 0 Å². The van der Waals surface area contributed by atoms with E-state index >= 15 is 0 Å². The van der Waals surface area contributed by atoms with Gasteiger partial charge in [-0.1, -0.05) is 23.7 Å². The van der Waals surface area contributed by atoms with Gasteiger partial charge in [0.15, 0.2) is 0 Å². The molecule has 0 radical (unpaired) electrons. The third-order valence-corrected chi connectivity index (χ3v) is 3.19. The minimum atomic E-state index is 0.278. The second-order valence-corrected chi connectivity index (χ2v) is 4.34. The second-order valence-electron chi connectivity index (χ2n) is 3.90. The minimum Gasteiger partial charge on any atom is -0.379 e. The lowest BCUT2D eigenvalue weighted by atomic mass is 9.94. The Morgan fingerprint density at radius 3 is 2.73 bits per heavy atom. The van der Waals surface area contributed by atoms with E-state index in [-0.39, 0.29) is 6.10 Å². The van der Waals surface area contributed by atoms with Crippen LogP contribution in [0.2, 0.25) is 5.02 Å². The molecule has 0 amide bonds. The summed E-state index contributed by atoms with van der Waals surface area (Å²) in [6, 6.07) is 8.30. The van der Waals surface area contributed by atoms with Crippen molar-refractivity contribution in [1.82, 2.24) is 5.32 Å². The number of ether oxygens (including phenoxy) is 1. The first-order valence-electron chi connectivity index (χ1n) is 5.33. The van der Waals surface area contributed by atoms with Crippen molar-refractivity contribution in [3.05, 3.63) is 34.9 Å². The first-order valence-corrected chi connectivity index (χ1v) is 5.70. The third-order valence-electron chi connectivity index (χ3n) is 2.93. The predicted octanol–water partition coefficient (Wildman–Crippen LogP) is 2.78. The molecular weight excluding hydrogens is 210 g/mol. The molecule has 1 saturated heterocycles. The molecule has 2 nitrogen and oxygen atoms in total. The first-order chi connectivity index (χ1) is 7.31. The standard InChI is InChI=1S/C12H16ClNO/c1-15-11-3-2-8-14-12(11)9-4-6-10(13)7-5-9/h4-7,11-12,14H,2-3,8H2,1H3. The molecule has 2 atom stereocenters. The van der Waals surface area contributed by atoms with Gasteiger partial charge in [-0.25, -0.2) is 0 Å². The average molecular weight is 226 g/mol. The normalized spacial score (nSPS) is 26.5. The zero-order valence-corrected chi connectivity index (χ0v) is 9.63. The number of hydrogen-bond donors (Lipinski definition) is 1. The average Bonchev–Trinajstić information content (AvgIpc) is 2.30. The topological polar surface area (TPSA) is 21.3 Å². The predicted molar refractivity (Wildman–Crippen MR) is 62.2 cm³/mol. The Morgan fingerprint density at radius 2 is 2.07 bits per heavy atom. The molecular formula is C12H16ClNO. The molecule has 1 aliphatic rings. The lowest BCUT2D eigenvalue weighted by Gasteiger charge is -2.31. The van der Waals surface area contributed by atoms with Crippen LogP contribution in [0.3, 0.4) is 0 Å². The van der Waals surface area contributed by atoms with Crippen LogP contribution in [-0.2, 0) is 4.74 Å². The van der Waals surface area contributed by atoms with E-state index in [4.69, 9.17) is 16.3 Å². The van der Waals surface area contributed by atoms with Gasteiger partial charge in [-0.3, -0.25) is 0 Å². The molecule has 1 heterocycles. The Kier molecular flexibility index (Phi) is 3.62. The van der Waals surface area contributed by atoms with Gasteiger partial charge < -0.3 is 10.1 Å². The minimum absolute atomic E-state index is 0.278. The Labute approximate surface area is 95.6 Å². The molecule has 0 aromatic heterocycles. The monoisotopic (exact) mass is 225 g/mol. The number of methoxy groups -OCH3 is 1. The summed E-state index contributed by atoms with van der Waals surface area (Å²) in [5, 5.41) is 4.27. The molecule has 1 aromatic carbocycles. The lowest BCUT2D eigenvalue weighted by molar-refractivity contribution is 0.0452. The van der Waals surface area contributed by atoms with Crippen molar-refractivity contribution in [3.8, 4) is 0 Å². The van der Waals surface area contributed by atoms with Gasteiger partial charge in [0.1, 0.15) is 0 Å². The molecule has 82 valence electrons. The lowest BCUT2D eigenvalue weighted by Crippen LogP contribution is -2.38. The van der Waals surface area contributed by atoms with E-state index in [0.29, 0.717) is 6.04 Å². The second kappa shape index (κ2) is 4.97. The zero-order chi connectivity index (χ0) is 10.7. The fourth-order valence-electron chi connectivity index (χ4n) is 2.12. The highest BCUT2D eigenvalue weighted by molar-refractivity contribution is 6.30. The van der Waals surface area contributed by atoms with Crippen LogP contribution in [0.15, 0.2) is 24.3 Å². The van der Waals surface area contributed by atoms with Gasteiger partial charge >= 0.3 is 0 Å². The summed E-state index contributed by atoms with van der Waals surface area (Å²) in [6.07, 6.45) is 2.58. The van der Waals surface area contributed by atoms with E-state index in [0.717, 1.165) is 18.0 Å². The highest BCUT2D eigenvalue weighted by Gasteiger charge is 2.25. The first kappa shape index (κ1) is 10.9. The SMILES string of the molecule is COC1CCCNC1c1ccc(Cl)cc1. The van der Waals surface area contributed by atoms with Gasteiger partial charge in [0.05, 0.1) is 12.1 Å². The van der Waals surface area contributed by atoms with Crippen LogP contribution in [0.4, 0.5) is 0 Å². The fraction of sp³-hybridized carbons (Fsp3) is 0.500. The Balaban J connectivity index is 2.16. The summed E-state index contributed by atoms with van der Waals surface area (Å²) in [5.74, 6) is 0. The Morgan fingerprint density at radius 1 is 1.33 bits per heavy atom. The van der Waals surface area contributed by atoms with E-state index in [2.05, 4.69) is 17.4 Å². The van der Waals surface area contributed by atoms with Gasteiger partial charge in [-0.2, -0.15) is 0 Å².